The number of carbonyl (C=O) groups excluding carboxylic acids is 2. The van der Waals surface area contributed by atoms with Gasteiger partial charge < -0.3 is 10.6 Å². The smallest absolute Gasteiger partial charge is 0.291 e. The van der Waals surface area contributed by atoms with Gasteiger partial charge in [0.15, 0.2) is 0 Å². The molecule has 1 aromatic heterocycles. The third kappa shape index (κ3) is 5.27. The van der Waals surface area contributed by atoms with Gasteiger partial charge in [-0.1, -0.05) is 53.2 Å². The first-order valence-corrected chi connectivity index (χ1v) is 10.6. The average molecular weight is 483 g/mol. The van der Waals surface area contributed by atoms with Crippen LogP contribution in [0.15, 0.2) is 57.8 Å². The molecule has 0 aliphatic rings. The van der Waals surface area contributed by atoms with Crippen molar-refractivity contribution in [2.45, 2.75) is 33.7 Å². The first kappa shape index (κ1) is 22.4. The Hall–Kier alpha value is -3.26. The number of halogens is 1. The second kappa shape index (κ2) is 9.70. The summed E-state index contributed by atoms with van der Waals surface area (Å²) in [5.74, 6) is -0.684. The van der Waals surface area contributed by atoms with Gasteiger partial charge in [0.1, 0.15) is 12.2 Å². The van der Waals surface area contributed by atoms with Gasteiger partial charge in [0.2, 0.25) is 11.8 Å². The molecule has 0 saturated heterocycles. The summed E-state index contributed by atoms with van der Waals surface area (Å²) in [6, 6.07) is 14.4. The third-order valence-corrected chi connectivity index (χ3v) is 5.79. The number of nitrogens with one attached hydrogen (secondary N) is 2. The van der Waals surface area contributed by atoms with Crippen LogP contribution in [0, 0.1) is 13.8 Å². The van der Waals surface area contributed by atoms with Crippen LogP contribution in [0.2, 0.25) is 0 Å². The Labute approximate surface area is 188 Å². The minimum atomic E-state index is -0.541. The van der Waals surface area contributed by atoms with Crippen molar-refractivity contribution in [3.05, 3.63) is 74.5 Å². The third-order valence-electron chi connectivity index (χ3n) is 4.93. The van der Waals surface area contributed by atoms with Gasteiger partial charge >= 0.3 is 0 Å². The maximum absolute atomic E-state index is 12.9. The van der Waals surface area contributed by atoms with Crippen molar-refractivity contribution in [2.75, 3.05) is 10.6 Å². The number of amides is 2. The molecule has 0 fully saturated rings. The molecule has 3 aromatic rings. The van der Waals surface area contributed by atoms with Crippen LogP contribution in [0.5, 0.6) is 0 Å². The van der Waals surface area contributed by atoms with Gasteiger partial charge in [-0.05, 0) is 43.2 Å². The Kier molecular flexibility index (Phi) is 7.02. The standard InChI is InChI=1S/C23H23BrN4O3/c1-4-21(29)26-20-12-19(16-8-6-5-7-9-16)27-28(23(20)31)13-22(30)25-18-11-10-17(24)14(2)15(18)3/h5-12H,4,13H2,1-3H3,(H,25,30)(H,26,29). The number of anilines is 2. The zero-order chi connectivity index (χ0) is 22.5. The quantitative estimate of drug-likeness (QED) is 0.548. The molecule has 2 aromatic carbocycles. The van der Waals surface area contributed by atoms with Gasteiger partial charge in [0.25, 0.3) is 5.56 Å². The van der Waals surface area contributed by atoms with E-state index in [4.69, 9.17) is 0 Å². The van der Waals surface area contributed by atoms with E-state index in [1.165, 1.54) is 6.07 Å². The van der Waals surface area contributed by atoms with Gasteiger partial charge in [-0.2, -0.15) is 5.10 Å². The van der Waals surface area contributed by atoms with Gasteiger partial charge in [0.05, 0.1) is 5.69 Å². The predicted octanol–water partition coefficient (Wildman–Crippen LogP) is 4.28. The molecule has 0 spiro atoms. The summed E-state index contributed by atoms with van der Waals surface area (Å²) in [4.78, 5) is 37.5. The van der Waals surface area contributed by atoms with E-state index in [1.807, 2.05) is 50.2 Å². The largest absolute Gasteiger partial charge is 0.324 e. The number of benzene rings is 2. The van der Waals surface area contributed by atoms with Crippen LogP contribution in [0.4, 0.5) is 11.4 Å². The number of nitrogens with zero attached hydrogens (tertiary/aromatic N) is 2. The van der Waals surface area contributed by atoms with Crippen LogP contribution >= 0.6 is 15.9 Å². The van der Waals surface area contributed by atoms with E-state index in [1.54, 1.807) is 13.0 Å². The Bertz CT molecular complexity index is 1190. The molecule has 0 saturated carbocycles. The first-order chi connectivity index (χ1) is 14.8. The molecule has 31 heavy (non-hydrogen) atoms. The Morgan fingerprint density at radius 1 is 0.968 bits per heavy atom. The molecule has 2 amide bonds. The maximum atomic E-state index is 12.9. The number of rotatable bonds is 6. The predicted molar refractivity (Wildman–Crippen MR) is 125 cm³/mol. The minimum Gasteiger partial charge on any atom is -0.324 e. The highest BCUT2D eigenvalue weighted by atomic mass is 79.9. The van der Waals surface area contributed by atoms with Crippen molar-refractivity contribution in [1.82, 2.24) is 9.78 Å². The minimum absolute atomic E-state index is 0.0872. The molecule has 3 rings (SSSR count). The number of hydrogen-bond acceptors (Lipinski definition) is 4. The fourth-order valence-corrected chi connectivity index (χ4v) is 3.41. The Balaban J connectivity index is 1.94. The SMILES string of the molecule is CCC(=O)Nc1cc(-c2ccccc2)nn(CC(=O)Nc2ccc(Br)c(C)c2C)c1=O. The van der Waals surface area contributed by atoms with Crippen LogP contribution in [0.3, 0.4) is 0 Å². The molecule has 0 atom stereocenters. The number of aromatic nitrogens is 2. The van der Waals surface area contributed by atoms with Crippen LogP contribution in [0.25, 0.3) is 11.3 Å². The van der Waals surface area contributed by atoms with Gasteiger partial charge in [-0.25, -0.2) is 4.68 Å². The van der Waals surface area contributed by atoms with Gasteiger partial charge in [-0.3, -0.25) is 14.4 Å². The summed E-state index contributed by atoms with van der Waals surface area (Å²) in [6.07, 6.45) is 0.227. The molecule has 1 heterocycles. The Morgan fingerprint density at radius 2 is 1.65 bits per heavy atom. The normalized spacial score (nSPS) is 10.6. The molecule has 0 aliphatic carbocycles. The molecule has 0 aliphatic heterocycles. The van der Waals surface area contributed by atoms with Crippen LogP contribution in [-0.2, 0) is 16.1 Å². The van der Waals surface area contributed by atoms with Gasteiger partial charge in [0, 0.05) is 22.1 Å². The lowest BCUT2D eigenvalue weighted by molar-refractivity contribution is -0.117. The highest BCUT2D eigenvalue weighted by molar-refractivity contribution is 9.10. The van der Waals surface area contributed by atoms with Crippen molar-refractivity contribution in [3.8, 4) is 11.3 Å². The average Bonchev–Trinajstić information content (AvgIpc) is 2.77. The fourth-order valence-electron chi connectivity index (χ4n) is 2.98. The summed E-state index contributed by atoms with van der Waals surface area (Å²) in [6.45, 7) is 5.27. The van der Waals surface area contributed by atoms with Gasteiger partial charge in [-0.15, -0.1) is 0 Å². The first-order valence-electron chi connectivity index (χ1n) is 9.83. The molecule has 0 bridgehead atoms. The summed E-state index contributed by atoms with van der Waals surface area (Å²) < 4.78 is 2.03. The summed E-state index contributed by atoms with van der Waals surface area (Å²) in [5.41, 5.74) is 3.40. The van der Waals surface area contributed by atoms with E-state index in [0.29, 0.717) is 11.4 Å². The zero-order valence-electron chi connectivity index (χ0n) is 17.5. The molecule has 0 radical (unpaired) electrons. The van der Waals surface area contributed by atoms with Crippen molar-refractivity contribution in [1.29, 1.82) is 0 Å². The second-order valence-electron chi connectivity index (χ2n) is 7.07. The fraction of sp³-hybridized carbons (Fsp3) is 0.217. The zero-order valence-corrected chi connectivity index (χ0v) is 19.1. The van der Waals surface area contributed by atoms with E-state index in [9.17, 15) is 14.4 Å². The monoisotopic (exact) mass is 482 g/mol. The lowest BCUT2D eigenvalue weighted by Gasteiger charge is -2.14. The number of hydrogen-bond donors (Lipinski definition) is 2. The van der Waals surface area contributed by atoms with Crippen molar-refractivity contribution in [3.63, 3.8) is 0 Å². The van der Waals surface area contributed by atoms with E-state index in [2.05, 4.69) is 31.7 Å². The highest BCUT2D eigenvalue weighted by Gasteiger charge is 2.15. The highest BCUT2D eigenvalue weighted by Crippen LogP contribution is 2.26. The second-order valence-corrected chi connectivity index (χ2v) is 7.92. The molecular formula is C23H23BrN4O3. The summed E-state index contributed by atoms with van der Waals surface area (Å²) >= 11 is 3.47. The van der Waals surface area contributed by atoms with E-state index in [0.717, 1.165) is 25.8 Å². The molecule has 8 heteroatoms. The van der Waals surface area contributed by atoms with E-state index < -0.39 is 11.5 Å². The van der Waals surface area contributed by atoms with Crippen molar-refractivity contribution >= 4 is 39.1 Å². The van der Waals surface area contributed by atoms with Crippen LogP contribution in [0.1, 0.15) is 24.5 Å². The van der Waals surface area contributed by atoms with Crippen LogP contribution in [-0.4, -0.2) is 21.6 Å². The summed E-state index contributed by atoms with van der Waals surface area (Å²) in [7, 11) is 0. The maximum Gasteiger partial charge on any atom is 0.291 e. The molecule has 2 N–H and O–H groups in total. The van der Waals surface area contributed by atoms with E-state index >= 15 is 0 Å². The summed E-state index contributed by atoms with van der Waals surface area (Å²) in [5, 5.41) is 9.80. The van der Waals surface area contributed by atoms with Crippen LogP contribution < -0.4 is 16.2 Å². The molecule has 160 valence electrons. The topological polar surface area (TPSA) is 93.1 Å². The lowest BCUT2D eigenvalue weighted by Crippen LogP contribution is -2.32. The molecule has 0 unspecified atom stereocenters. The van der Waals surface area contributed by atoms with E-state index in [-0.39, 0.29) is 24.6 Å². The van der Waals surface area contributed by atoms with Crippen molar-refractivity contribution in [2.24, 2.45) is 0 Å². The molecular weight excluding hydrogens is 460 g/mol. The van der Waals surface area contributed by atoms with Crippen molar-refractivity contribution < 1.29 is 9.59 Å². The molecule has 7 nitrogen and oxygen atoms in total. The lowest BCUT2D eigenvalue weighted by atomic mass is 10.1. The number of carbonyl (C=O) groups is 2. The Morgan fingerprint density at radius 3 is 2.32 bits per heavy atom.